The molecule has 0 fully saturated rings. The van der Waals surface area contributed by atoms with Crippen LogP contribution in [0.1, 0.15) is 6.42 Å². The highest BCUT2D eigenvalue weighted by atomic mass is 19.4. The highest BCUT2D eigenvalue weighted by Crippen LogP contribution is 2.18. The number of hydrogen-bond acceptors (Lipinski definition) is 3. The van der Waals surface area contributed by atoms with Gasteiger partial charge in [0.15, 0.2) is 6.61 Å². The Morgan fingerprint density at radius 2 is 2.06 bits per heavy atom. The van der Waals surface area contributed by atoms with Crippen LogP contribution in [0, 0.1) is 5.92 Å². The number of carbonyl (C=O) groups excluding carboxylic acids is 1. The van der Waals surface area contributed by atoms with Crippen LogP contribution in [0.4, 0.5) is 18.0 Å². The predicted octanol–water partition coefficient (Wildman–Crippen LogP) is 1.30. The van der Waals surface area contributed by atoms with Gasteiger partial charge in [-0.3, -0.25) is 4.79 Å². The number of halogens is 3. The van der Waals surface area contributed by atoms with Gasteiger partial charge in [-0.1, -0.05) is 12.2 Å². The molecule has 1 aliphatic rings. The van der Waals surface area contributed by atoms with Gasteiger partial charge in [-0.25, -0.2) is 4.79 Å². The van der Waals surface area contributed by atoms with Gasteiger partial charge in [0.25, 0.3) is 0 Å². The molecular formula is C9H10F3NO4. The summed E-state index contributed by atoms with van der Waals surface area (Å²) in [4.78, 5) is 21.5. The van der Waals surface area contributed by atoms with Crippen LogP contribution in [0.25, 0.3) is 0 Å². The fourth-order valence-electron chi connectivity index (χ4n) is 1.33. The summed E-state index contributed by atoms with van der Waals surface area (Å²) in [7, 11) is 0. The van der Waals surface area contributed by atoms with Gasteiger partial charge < -0.3 is 15.2 Å². The third-order valence-electron chi connectivity index (χ3n) is 2.07. The number of rotatable bonds is 3. The van der Waals surface area contributed by atoms with E-state index in [9.17, 15) is 22.8 Å². The molecule has 1 aliphatic carbocycles. The van der Waals surface area contributed by atoms with E-state index < -0.39 is 36.8 Å². The molecule has 1 amide bonds. The number of carboxylic acids is 1. The van der Waals surface area contributed by atoms with Gasteiger partial charge >= 0.3 is 18.2 Å². The molecule has 0 bridgehead atoms. The van der Waals surface area contributed by atoms with Crippen molar-refractivity contribution in [1.29, 1.82) is 0 Å². The van der Waals surface area contributed by atoms with E-state index in [1.165, 1.54) is 12.2 Å². The van der Waals surface area contributed by atoms with Gasteiger partial charge in [0, 0.05) is 0 Å². The largest absolute Gasteiger partial charge is 0.481 e. The first kappa shape index (κ1) is 13.3. The van der Waals surface area contributed by atoms with Crippen molar-refractivity contribution in [3.05, 3.63) is 12.2 Å². The van der Waals surface area contributed by atoms with Gasteiger partial charge in [-0.15, -0.1) is 0 Å². The second-order valence-electron chi connectivity index (χ2n) is 3.51. The number of carboxylic acid groups (broad SMARTS) is 1. The summed E-state index contributed by atoms with van der Waals surface area (Å²) in [6.07, 6.45) is -2.91. The summed E-state index contributed by atoms with van der Waals surface area (Å²) in [5.74, 6) is -1.78. The van der Waals surface area contributed by atoms with Crippen molar-refractivity contribution in [3.8, 4) is 0 Å². The lowest BCUT2D eigenvalue weighted by Gasteiger charge is -2.13. The maximum absolute atomic E-state index is 11.7. The van der Waals surface area contributed by atoms with Crippen LogP contribution in [0.15, 0.2) is 12.2 Å². The van der Waals surface area contributed by atoms with Crippen molar-refractivity contribution in [2.24, 2.45) is 5.92 Å². The number of ether oxygens (including phenoxy) is 1. The van der Waals surface area contributed by atoms with Crippen LogP contribution >= 0.6 is 0 Å². The first-order chi connectivity index (χ1) is 7.78. The Hall–Kier alpha value is -1.73. The standard InChI is InChI=1S/C9H10F3NO4/c10-9(11,12)4-17-8(16)13-6-2-1-5(3-6)7(14)15/h1-2,5-6H,3-4H2,(H,13,16)(H,14,15). The molecular weight excluding hydrogens is 243 g/mol. The van der Waals surface area contributed by atoms with Crippen molar-refractivity contribution in [2.45, 2.75) is 18.6 Å². The number of nitrogens with one attached hydrogen (secondary N) is 1. The number of amides is 1. The fraction of sp³-hybridized carbons (Fsp3) is 0.556. The number of alkyl halides is 3. The molecule has 5 nitrogen and oxygen atoms in total. The zero-order valence-electron chi connectivity index (χ0n) is 8.53. The Morgan fingerprint density at radius 1 is 1.41 bits per heavy atom. The van der Waals surface area contributed by atoms with Crippen LogP contribution in [0.3, 0.4) is 0 Å². The van der Waals surface area contributed by atoms with E-state index in [-0.39, 0.29) is 6.42 Å². The summed E-state index contributed by atoms with van der Waals surface area (Å²) in [5, 5.41) is 10.8. The summed E-state index contributed by atoms with van der Waals surface area (Å²) in [6, 6.07) is -0.614. The average Bonchev–Trinajstić information content (AvgIpc) is 2.62. The van der Waals surface area contributed by atoms with Gasteiger partial charge in [0.2, 0.25) is 0 Å². The van der Waals surface area contributed by atoms with Gasteiger partial charge in [0.05, 0.1) is 12.0 Å². The van der Waals surface area contributed by atoms with Gasteiger partial charge in [0.1, 0.15) is 0 Å². The van der Waals surface area contributed by atoms with Gasteiger partial charge in [-0.2, -0.15) is 13.2 Å². The van der Waals surface area contributed by atoms with E-state index in [1.807, 2.05) is 0 Å². The van der Waals surface area contributed by atoms with Crippen molar-refractivity contribution < 1.29 is 32.6 Å². The Kier molecular flexibility index (Phi) is 3.97. The monoisotopic (exact) mass is 253 g/mol. The Morgan fingerprint density at radius 3 is 2.53 bits per heavy atom. The Balaban J connectivity index is 2.30. The molecule has 2 atom stereocenters. The second-order valence-corrected chi connectivity index (χ2v) is 3.51. The SMILES string of the molecule is O=C(NC1C=CC(C(=O)O)C1)OCC(F)(F)F. The molecule has 0 heterocycles. The normalized spacial score (nSPS) is 23.5. The molecule has 2 unspecified atom stereocenters. The highest BCUT2D eigenvalue weighted by molar-refractivity contribution is 5.74. The lowest BCUT2D eigenvalue weighted by Crippen LogP contribution is -2.35. The molecule has 2 N–H and O–H groups in total. The molecule has 0 saturated heterocycles. The first-order valence-corrected chi connectivity index (χ1v) is 4.69. The number of carbonyl (C=O) groups is 2. The van der Waals surface area contributed by atoms with Crippen LogP contribution in [0.2, 0.25) is 0 Å². The van der Waals surface area contributed by atoms with Crippen LogP contribution in [0.5, 0.6) is 0 Å². The quantitative estimate of drug-likeness (QED) is 0.743. The van der Waals surface area contributed by atoms with Crippen LogP contribution in [-0.2, 0) is 9.53 Å². The lowest BCUT2D eigenvalue weighted by atomic mass is 10.1. The number of alkyl carbamates (subject to hydrolysis) is 1. The van der Waals surface area contributed by atoms with Crippen molar-refractivity contribution >= 4 is 12.1 Å². The maximum atomic E-state index is 11.7. The minimum absolute atomic E-state index is 0.108. The molecule has 0 spiro atoms. The molecule has 17 heavy (non-hydrogen) atoms. The maximum Gasteiger partial charge on any atom is 0.422 e. The minimum atomic E-state index is -4.58. The Labute approximate surface area is 94.2 Å². The van der Waals surface area contributed by atoms with Crippen molar-refractivity contribution in [2.75, 3.05) is 6.61 Å². The predicted molar refractivity (Wildman–Crippen MR) is 49.2 cm³/mol. The van der Waals surface area contributed by atoms with E-state index in [4.69, 9.17) is 5.11 Å². The van der Waals surface area contributed by atoms with E-state index in [1.54, 1.807) is 0 Å². The van der Waals surface area contributed by atoms with Crippen molar-refractivity contribution in [1.82, 2.24) is 5.32 Å². The fourth-order valence-corrected chi connectivity index (χ4v) is 1.33. The number of aliphatic carboxylic acids is 1. The van der Waals surface area contributed by atoms with Crippen LogP contribution < -0.4 is 5.32 Å². The topological polar surface area (TPSA) is 75.6 Å². The Bertz CT molecular complexity index is 340. The zero-order valence-corrected chi connectivity index (χ0v) is 8.53. The molecule has 0 saturated carbocycles. The summed E-state index contributed by atoms with van der Waals surface area (Å²) >= 11 is 0. The average molecular weight is 253 g/mol. The van der Waals surface area contributed by atoms with E-state index >= 15 is 0 Å². The summed E-state index contributed by atoms with van der Waals surface area (Å²) in [5.41, 5.74) is 0. The van der Waals surface area contributed by atoms with Crippen molar-refractivity contribution in [3.63, 3.8) is 0 Å². The lowest BCUT2D eigenvalue weighted by molar-refractivity contribution is -0.160. The zero-order chi connectivity index (χ0) is 13.1. The molecule has 96 valence electrons. The summed E-state index contributed by atoms with van der Waals surface area (Å²) < 4.78 is 39.0. The number of hydrogen-bond donors (Lipinski definition) is 2. The third-order valence-corrected chi connectivity index (χ3v) is 2.07. The minimum Gasteiger partial charge on any atom is -0.481 e. The van der Waals surface area contributed by atoms with E-state index in [0.29, 0.717) is 0 Å². The molecule has 0 aromatic heterocycles. The van der Waals surface area contributed by atoms with Crippen LogP contribution in [-0.4, -0.2) is 36.0 Å². The van der Waals surface area contributed by atoms with Gasteiger partial charge in [-0.05, 0) is 6.42 Å². The molecule has 0 aliphatic heterocycles. The molecule has 0 radical (unpaired) electrons. The van der Waals surface area contributed by atoms with E-state index in [0.717, 1.165) is 0 Å². The molecule has 0 aromatic carbocycles. The first-order valence-electron chi connectivity index (χ1n) is 4.69. The molecule has 8 heteroatoms. The third kappa shape index (κ3) is 4.75. The highest BCUT2D eigenvalue weighted by Gasteiger charge is 2.31. The summed E-state index contributed by atoms with van der Waals surface area (Å²) in [6.45, 7) is -1.67. The molecule has 0 aromatic rings. The molecule has 1 rings (SSSR count). The van der Waals surface area contributed by atoms with E-state index in [2.05, 4.69) is 10.1 Å². The smallest absolute Gasteiger partial charge is 0.422 e. The second kappa shape index (κ2) is 5.07.